The van der Waals surface area contributed by atoms with Gasteiger partial charge < -0.3 is 14.2 Å². The van der Waals surface area contributed by atoms with E-state index >= 15 is 0 Å². The van der Waals surface area contributed by atoms with Gasteiger partial charge in [0.05, 0.1) is 0 Å². The Balaban J connectivity index is 4.37. The van der Waals surface area contributed by atoms with E-state index in [0.717, 1.165) is 148 Å². The van der Waals surface area contributed by atoms with Crippen molar-refractivity contribution in [3.63, 3.8) is 0 Å². The maximum Gasteiger partial charge on any atom is 0.306 e. The highest BCUT2D eigenvalue weighted by molar-refractivity contribution is 5.71. The van der Waals surface area contributed by atoms with Crippen LogP contribution in [0.1, 0.15) is 265 Å². The maximum absolute atomic E-state index is 12.9. The first-order chi connectivity index (χ1) is 38.0. The van der Waals surface area contributed by atoms with Crippen molar-refractivity contribution in [1.82, 2.24) is 0 Å². The summed E-state index contributed by atoms with van der Waals surface area (Å²) < 4.78 is 16.8. The van der Waals surface area contributed by atoms with Crippen LogP contribution in [0.3, 0.4) is 0 Å². The van der Waals surface area contributed by atoms with Crippen molar-refractivity contribution in [3.8, 4) is 0 Å². The summed E-state index contributed by atoms with van der Waals surface area (Å²) in [4.78, 5) is 38.2. The Kier molecular flexibility index (Phi) is 59.9. The summed E-state index contributed by atoms with van der Waals surface area (Å²) in [7, 11) is 0. The number of esters is 3. The molecular weight excluding hydrogens is 949 g/mol. The van der Waals surface area contributed by atoms with E-state index in [1.54, 1.807) is 0 Å². The summed E-state index contributed by atoms with van der Waals surface area (Å²) in [6.45, 7) is 6.33. The van der Waals surface area contributed by atoms with Gasteiger partial charge in [-0.05, 0) is 141 Å². The van der Waals surface area contributed by atoms with Gasteiger partial charge in [-0.2, -0.15) is 0 Å². The molecule has 0 fully saturated rings. The zero-order valence-electron chi connectivity index (χ0n) is 49.7. The van der Waals surface area contributed by atoms with Crippen molar-refractivity contribution in [2.45, 2.75) is 271 Å². The fourth-order valence-electron chi connectivity index (χ4n) is 8.17. The van der Waals surface area contributed by atoms with Gasteiger partial charge in [0, 0.05) is 19.3 Å². The van der Waals surface area contributed by atoms with Crippen LogP contribution in [-0.4, -0.2) is 37.2 Å². The lowest BCUT2D eigenvalue weighted by molar-refractivity contribution is -0.167. The molecular formula is C71H114O6. The summed E-state index contributed by atoms with van der Waals surface area (Å²) >= 11 is 0. The molecule has 0 bridgehead atoms. The predicted molar refractivity (Wildman–Crippen MR) is 334 cm³/mol. The van der Waals surface area contributed by atoms with Crippen molar-refractivity contribution >= 4 is 17.9 Å². The molecule has 0 N–H and O–H groups in total. The quantitative estimate of drug-likeness (QED) is 0.0261. The van der Waals surface area contributed by atoms with Gasteiger partial charge in [-0.1, -0.05) is 250 Å². The van der Waals surface area contributed by atoms with Crippen LogP contribution in [0.4, 0.5) is 0 Å². The predicted octanol–water partition coefficient (Wildman–Crippen LogP) is 21.5. The molecule has 0 aliphatic heterocycles. The van der Waals surface area contributed by atoms with E-state index in [-0.39, 0.29) is 37.5 Å². The molecule has 0 aromatic carbocycles. The fraction of sp³-hybridized carbons (Fsp3) is 0.620. The van der Waals surface area contributed by atoms with E-state index in [0.29, 0.717) is 19.3 Å². The zero-order chi connectivity index (χ0) is 55.7. The second-order valence-electron chi connectivity index (χ2n) is 20.2. The van der Waals surface area contributed by atoms with E-state index in [1.807, 2.05) is 0 Å². The average Bonchev–Trinajstić information content (AvgIpc) is 3.43. The van der Waals surface area contributed by atoms with Crippen molar-refractivity contribution in [2.24, 2.45) is 0 Å². The number of allylic oxidation sites excluding steroid dienone is 24. The summed E-state index contributed by atoms with van der Waals surface area (Å²) in [5.74, 6) is -0.968. The van der Waals surface area contributed by atoms with Crippen LogP contribution in [0.2, 0.25) is 0 Å². The fourth-order valence-corrected chi connectivity index (χ4v) is 8.17. The molecule has 1 unspecified atom stereocenters. The molecule has 0 radical (unpaired) electrons. The second kappa shape index (κ2) is 63.8. The molecule has 0 aromatic heterocycles. The normalized spacial score (nSPS) is 13.1. The molecule has 77 heavy (non-hydrogen) atoms. The minimum absolute atomic E-state index is 0.106. The Morgan fingerprint density at radius 2 is 0.506 bits per heavy atom. The van der Waals surface area contributed by atoms with Crippen LogP contribution in [-0.2, 0) is 28.6 Å². The highest BCUT2D eigenvalue weighted by Crippen LogP contribution is 2.14. The highest BCUT2D eigenvalue weighted by atomic mass is 16.6. The first kappa shape index (κ1) is 72.3. The SMILES string of the molecule is CC/C=C\C/C=C\C/C=C\C/C=C\C/C=C\C/C=C\CCCCCCCCCCCCC(=O)OCC(COC(=O)CCCCCCC/C=C\C/C=C\CCCCC)OC(=O)CCCC/C=C\C/C=C\C/C=C\C/C=C\CC. The Hall–Kier alpha value is -4.71. The number of carbonyl (C=O) groups excluding carboxylic acids is 3. The summed E-state index contributed by atoms with van der Waals surface area (Å²) in [5.41, 5.74) is 0. The Bertz CT molecular complexity index is 1700. The third-order valence-electron chi connectivity index (χ3n) is 12.8. The van der Waals surface area contributed by atoms with Crippen LogP contribution in [0.25, 0.3) is 0 Å². The Morgan fingerprint density at radius 1 is 0.273 bits per heavy atom. The lowest BCUT2D eigenvalue weighted by atomic mass is 10.1. The van der Waals surface area contributed by atoms with Crippen LogP contribution >= 0.6 is 0 Å². The van der Waals surface area contributed by atoms with Crippen molar-refractivity contribution < 1.29 is 28.6 Å². The third kappa shape index (κ3) is 62.0. The molecule has 1 atom stereocenters. The smallest absolute Gasteiger partial charge is 0.306 e. The lowest BCUT2D eigenvalue weighted by Crippen LogP contribution is -2.30. The standard InChI is InChI=1S/C71H114O6/c1-4-7-10-13-16-19-22-25-28-29-30-31-32-33-34-35-36-37-38-39-40-41-44-46-49-52-55-58-61-64-70(73)76-67-68(77-71(74)65-62-59-56-53-50-47-43-27-24-21-18-15-12-9-6-3)66-75-69(72)63-60-57-54-51-48-45-42-26-23-20-17-14-11-8-5-2/h7,9-10,12,16-21,25-28,30-31,33-34,36-37,42-43,50,53,68H,4-6,8,11,13-15,22-24,29,32,35,38-41,44-49,51-52,54-67H2,1-3H3/b10-7-,12-9-,19-16-,20-17-,21-18-,28-25-,31-30-,34-33-,37-36-,42-26-,43-27-,53-50-. The number of hydrogen-bond donors (Lipinski definition) is 0. The summed E-state index contributed by atoms with van der Waals surface area (Å²) in [5, 5.41) is 0. The van der Waals surface area contributed by atoms with E-state index in [4.69, 9.17) is 14.2 Å². The minimum atomic E-state index is -0.814. The van der Waals surface area contributed by atoms with Gasteiger partial charge in [-0.15, -0.1) is 0 Å². The molecule has 434 valence electrons. The molecule has 0 saturated carbocycles. The molecule has 0 aromatic rings. The van der Waals surface area contributed by atoms with Crippen LogP contribution < -0.4 is 0 Å². The lowest BCUT2D eigenvalue weighted by Gasteiger charge is -2.18. The number of unbranched alkanes of at least 4 members (excludes halogenated alkanes) is 20. The van der Waals surface area contributed by atoms with E-state index in [1.165, 1.54) is 70.6 Å². The van der Waals surface area contributed by atoms with Crippen LogP contribution in [0, 0.1) is 0 Å². The van der Waals surface area contributed by atoms with Crippen molar-refractivity contribution in [1.29, 1.82) is 0 Å². The molecule has 0 saturated heterocycles. The van der Waals surface area contributed by atoms with Crippen LogP contribution in [0.15, 0.2) is 146 Å². The van der Waals surface area contributed by atoms with Gasteiger partial charge in [-0.3, -0.25) is 14.4 Å². The first-order valence-corrected chi connectivity index (χ1v) is 31.3. The van der Waals surface area contributed by atoms with Gasteiger partial charge >= 0.3 is 17.9 Å². The number of carbonyl (C=O) groups is 3. The van der Waals surface area contributed by atoms with Crippen LogP contribution in [0.5, 0.6) is 0 Å². The molecule has 0 aliphatic carbocycles. The summed E-state index contributed by atoms with van der Waals surface area (Å²) in [6, 6.07) is 0. The molecule has 6 heteroatoms. The monoisotopic (exact) mass is 1060 g/mol. The molecule has 0 aliphatic rings. The van der Waals surface area contributed by atoms with E-state index in [9.17, 15) is 14.4 Å². The second-order valence-corrected chi connectivity index (χ2v) is 20.2. The van der Waals surface area contributed by atoms with Gasteiger partial charge in [0.25, 0.3) is 0 Å². The third-order valence-corrected chi connectivity index (χ3v) is 12.8. The Morgan fingerprint density at radius 3 is 0.818 bits per heavy atom. The van der Waals surface area contributed by atoms with E-state index < -0.39 is 6.10 Å². The largest absolute Gasteiger partial charge is 0.462 e. The Labute approximate surface area is 474 Å². The van der Waals surface area contributed by atoms with Gasteiger partial charge in [-0.25, -0.2) is 0 Å². The first-order valence-electron chi connectivity index (χ1n) is 31.3. The average molecular weight is 1060 g/mol. The van der Waals surface area contributed by atoms with Gasteiger partial charge in [0.1, 0.15) is 13.2 Å². The molecule has 0 rings (SSSR count). The number of ether oxygens (including phenoxy) is 3. The van der Waals surface area contributed by atoms with E-state index in [2.05, 4.69) is 167 Å². The topological polar surface area (TPSA) is 78.9 Å². The molecule has 0 heterocycles. The zero-order valence-corrected chi connectivity index (χ0v) is 49.7. The molecule has 6 nitrogen and oxygen atoms in total. The molecule has 0 spiro atoms. The van der Waals surface area contributed by atoms with Gasteiger partial charge in [0.15, 0.2) is 6.10 Å². The van der Waals surface area contributed by atoms with Crippen molar-refractivity contribution in [2.75, 3.05) is 13.2 Å². The maximum atomic E-state index is 12.9. The van der Waals surface area contributed by atoms with Crippen molar-refractivity contribution in [3.05, 3.63) is 146 Å². The highest BCUT2D eigenvalue weighted by Gasteiger charge is 2.19. The molecule has 0 amide bonds. The van der Waals surface area contributed by atoms with Gasteiger partial charge in [0.2, 0.25) is 0 Å². The number of hydrogen-bond acceptors (Lipinski definition) is 6. The number of rotatable bonds is 55. The minimum Gasteiger partial charge on any atom is -0.462 e. The summed E-state index contributed by atoms with van der Waals surface area (Å²) in [6.07, 6.45) is 91.4.